The Morgan fingerprint density at radius 3 is 1.60 bits per heavy atom. The number of rotatable bonds is 6. The fourth-order valence-electron chi connectivity index (χ4n) is 1.96. The van der Waals surface area contributed by atoms with E-state index in [1.807, 2.05) is 12.1 Å². The van der Waals surface area contributed by atoms with E-state index in [0.717, 1.165) is 18.2 Å². The summed E-state index contributed by atoms with van der Waals surface area (Å²) in [4.78, 5) is 2.70. The Bertz CT molecular complexity index is 474. The molecule has 0 heterocycles. The van der Waals surface area contributed by atoms with E-state index in [-0.39, 0.29) is 10.9 Å². The molecule has 2 aromatic rings. The monoisotopic (exact) mass is 361 g/mol. The highest BCUT2D eigenvalue weighted by Gasteiger charge is 2.29. The van der Waals surface area contributed by atoms with Crippen molar-refractivity contribution in [3.63, 3.8) is 0 Å². The molecule has 5 heteroatoms. The van der Waals surface area contributed by atoms with Gasteiger partial charge in [-0.15, -0.1) is 33.2 Å². The molecule has 0 saturated carbocycles. The third-order valence-corrected chi connectivity index (χ3v) is 7.86. The summed E-state index contributed by atoms with van der Waals surface area (Å²) in [5.74, 6) is 1.04. The van der Waals surface area contributed by atoms with Gasteiger partial charge in [-0.1, -0.05) is 36.4 Å². The van der Waals surface area contributed by atoms with Crippen molar-refractivity contribution < 1.29 is 0 Å². The summed E-state index contributed by atoms with van der Waals surface area (Å²) in [6, 6.07) is 19.4. The lowest BCUT2D eigenvalue weighted by Gasteiger charge is -2.10. The van der Waals surface area contributed by atoms with Crippen LogP contribution in [0.2, 0.25) is 6.04 Å². The molecule has 2 rings (SSSR count). The van der Waals surface area contributed by atoms with Gasteiger partial charge in [0.25, 0.3) is 0 Å². The molecule has 0 spiro atoms. The van der Waals surface area contributed by atoms with Gasteiger partial charge in [0.15, 0.2) is 9.79 Å². The Morgan fingerprint density at radius 2 is 1.20 bits per heavy atom. The van der Waals surface area contributed by atoms with Gasteiger partial charge < -0.3 is 0 Å². The van der Waals surface area contributed by atoms with Gasteiger partial charge >= 0.3 is 6.00 Å². The summed E-state index contributed by atoms with van der Waals surface area (Å²) in [6.07, 6.45) is 0.954. The van der Waals surface area contributed by atoms with Crippen LogP contribution in [0.1, 0.15) is 6.42 Å². The molecule has 0 aliphatic carbocycles. The van der Waals surface area contributed by atoms with E-state index in [1.54, 1.807) is 0 Å². The molecule has 0 atom stereocenters. The van der Waals surface area contributed by atoms with Crippen molar-refractivity contribution >= 4 is 50.1 Å². The number of hydrogen-bond acceptors (Lipinski definition) is 0. The molecule has 106 valence electrons. The average molecular weight is 363 g/mol. The van der Waals surface area contributed by atoms with Crippen LogP contribution in [0.15, 0.2) is 70.5 Å². The highest BCUT2D eigenvalue weighted by molar-refractivity contribution is 7.97. The topological polar surface area (TPSA) is 0 Å². The standard InChI is InChI=1S/C15H16Cl3SSi/c16-20(17,18)13-7-12-19(14-8-3-1-4-9-14)15-10-5-2-6-11-15/h1-6,8-11H,7,12-13H2/q+1. The molecule has 0 nitrogen and oxygen atoms in total. The third kappa shape index (κ3) is 5.34. The van der Waals surface area contributed by atoms with Gasteiger partial charge in [-0.05, 0) is 36.7 Å². The molecule has 0 saturated heterocycles. The molecule has 0 N–H and O–H groups in total. The quantitative estimate of drug-likeness (QED) is 0.348. The Morgan fingerprint density at radius 1 is 0.750 bits per heavy atom. The fraction of sp³-hybridized carbons (Fsp3) is 0.200. The minimum Gasteiger partial charge on any atom is -0.126 e. The minimum atomic E-state index is -2.50. The van der Waals surface area contributed by atoms with Crippen molar-refractivity contribution in [2.75, 3.05) is 5.75 Å². The Hall–Kier alpha value is -0.123. The smallest absolute Gasteiger partial charge is 0.126 e. The summed E-state index contributed by atoms with van der Waals surface area (Å²) in [5, 5.41) is 0. The van der Waals surface area contributed by atoms with E-state index in [9.17, 15) is 0 Å². The molecule has 0 aliphatic heterocycles. The molecular weight excluding hydrogens is 347 g/mol. The molecule has 0 unspecified atom stereocenters. The van der Waals surface area contributed by atoms with Crippen molar-refractivity contribution in [2.45, 2.75) is 22.3 Å². The van der Waals surface area contributed by atoms with Crippen LogP contribution >= 0.6 is 33.2 Å². The van der Waals surface area contributed by atoms with Crippen LogP contribution in [0.25, 0.3) is 0 Å². The van der Waals surface area contributed by atoms with E-state index in [4.69, 9.17) is 33.2 Å². The maximum absolute atomic E-state index is 5.98. The lowest BCUT2D eigenvalue weighted by molar-refractivity contribution is 1.08. The maximum Gasteiger partial charge on any atom is 0.341 e. The van der Waals surface area contributed by atoms with Crippen LogP contribution in [0.3, 0.4) is 0 Å². The molecule has 20 heavy (non-hydrogen) atoms. The normalized spacial score (nSPS) is 11.8. The first-order valence-corrected chi connectivity index (χ1v) is 13.1. The number of halogens is 3. The van der Waals surface area contributed by atoms with Crippen LogP contribution < -0.4 is 0 Å². The Labute approximate surface area is 138 Å². The average Bonchev–Trinajstić information content (AvgIpc) is 2.44. The maximum atomic E-state index is 5.98. The predicted octanol–water partition coefficient (Wildman–Crippen LogP) is 5.77. The Kier molecular flexibility index (Phi) is 6.31. The SMILES string of the molecule is Cl[Si](Cl)(Cl)CCC[S+](c1ccccc1)c1ccccc1. The van der Waals surface area contributed by atoms with Gasteiger partial charge in [0.2, 0.25) is 0 Å². The zero-order valence-corrected chi connectivity index (χ0v) is 15.0. The van der Waals surface area contributed by atoms with Gasteiger partial charge in [-0.25, -0.2) is 0 Å². The lowest BCUT2D eigenvalue weighted by atomic mass is 10.4. The second kappa shape index (κ2) is 7.76. The zero-order valence-electron chi connectivity index (χ0n) is 10.9. The lowest BCUT2D eigenvalue weighted by Crippen LogP contribution is -2.14. The van der Waals surface area contributed by atoms with Crippen molar-refractivity contribution in [3.8, 4) is 0 Å². The van der Waals surface area contributed by atoms with Crippen LogP contribution in [0.4, 0.5) is 0 Å². The van der Waals surface area contributed by atoms with Crippen molar-refractivity contribution in [2.24, 2.45) is 0 Å². The van der Waals surface area contributed by atoms with Gasteiger partial charge in [-0.3, -0.25) is 0 Å². The van der Waals surface area contributed by atoms with Gasteiger partial charge in [0.1, 0.15) is 5.75 Å². The Balaban J connectivity index is 2.13. The zero-order chi connectivity index (χ0) is 14.4. The van der Waals surface area contributed by atoms with Crippen LogP contribution in [-0.4, -0.2) is 11.8 Å². The van der Waals surface area contributed by atoms with E-state index in [1.165, 1.54) is 9.79 Å². The second-order valence-electron chi connectivity index (χ2n) is 4.44. The molecule has 0 bridgehead atoms. The van der Waals surface area contributed by atoms with E-state index < -0.39 is 6.00 Å². The van der Waals surface area contributed by atoms with Gasteiger partial charge in [0.05, 0.1) is 10.9 Å². The summed E-state index contributed by atoms with van der Waals surface area (Å²) in [7, 11) is 0.0604. The second-order valence-corrected chi connectivity index (χ2v) is 15.9. The molecule has 0 amide bonds. The van der Waals surface area contributed by atoms with Gasteiger partial charge in [-0.2, -0.15) is 0 Å². The number of benzene rings is 2. The van der Waals surface area contributed by atoms with E-state index >= 15 is 0 Å². The highest BCUT2D eigenvalue weighted by atomic mass is 35.8. The predicted molar refractivity (Wildman–Crippen MR) is 94.4 cm³/mol. The fourth-order valence-corrected chi connectivity index (χ4v) is 6.14. The molecule has 0 fully saturated rings. The first kappa shape index (κ1) is 16.3. The van der Waals surface area contributed by atoms with Crippen LogP contribution in [0, 0.1) is 0 Å². The van der Waals surface area contributed by atoms with Crippen molar-refractivity contribution in [1.82, 2.24) is 0 Å². The molecular formula is C15H16Cl3SSi+. The minimum absolute atomic E-state index is 0.0604. The molecule has 0 aliphatic rings. The third-order valence-electron chi connectivity index (χ3n) is 2.86. The molecule has 2 aromatic carbocycles. The molecule has 0 aromatic heterocycles. The molecule has 0 radical (unpaired) electrons. The number of hydrogen-bond donors (Lipinski definition) is 0. The van der Waals surface area contributed by atoms with Crippen LogP contribution in [0.5, 0.6) is 0 Å². The van der Waals surface area contributed by atoms with E-state index in [2.05, 4.69) is 48.5 Å². The van der Waals surface area contributed by atoms with Crippen molar-refractivity contribution in [3.05, 3.63) is 60.7 Å². The first-order chi connectivity index (χ1) is 9.56. The van der Waals surface area contributed by atoms with E-state index in [0.29, 0.717) is 0 Å². The first-order valence-electron chi connectivity index (χ1n) is 6.44. The summed E-state index contributed by atoms with van der Waals surface area (Å²) in [5.41, 5.74) is 0. The summed E-state index contributed by atoms with van der Waals surface area (Å²) in [6.45, 7) is 0. The largest absolute Gasteiger partial charge is 0.341 e. The highest BCUT2D eigenvalue weighted by Crippen LogP contribution is 2.29. The van der Waals surface area contributed by atoms with Gasteiger partial charge in [0, 0.05) is 0 Å². The van der Waals surface area contributed by atoms with Crippen molar-refractivity contribution in [1.29, 1.82) is 0 Å². The summed E-state index contributed by atoms with van der Waals surface area (Å²) < 4.78 is 0. The van der Waals surface area contributed by atoms with Crippen LogP contribution in [-0.2, 0) is 10.9 Å². The summed E-state index contributed by atoms with van der Waals surface area (Å²) >= 11 is 17.9.